The highest BCUT2D eigenvalue weighted by Gasteiger charge is 2.10. The first kappa shape index (κ1) is 11.8. The molecule has 1 heterocycles. The molecule has 0 spiro atoms. The van der Waals surface area contributed by atoms with Gasteiger partial charge in [-0.05, 0) is 56.0 Å². The first-order chi connectivity index (χ1) is 7.66. The zero-order valence-electron chi connectivity index (χ0n) is 8.36. The van der Waals surface area contributed by atoms with Crippen LogP contribution in [-0.4, -0.2) is 5.11 Å². The Kier molecular flexibility index (Phi) is 3.74. The lowest BCUT2D eigenvalue weighted by molar-refractivity contribution is 0.178. The van der Waals surface area contributed by atoms with Crippen molar-refractivity contribution in [3.63, 3.8) is 0 Å². The van der Waals surface area contributed by atoms with E-state index in [1.165, 1.54) is 6.07 Å². The van der Waals surface area contributed by atoms with Crippen molar-refractivity contribution in [3.05, 3.63) is 56.4 Å². The lowest BCUT2D eigenvalue weighted by Gasteiger charge is -2.10. The zero-order valence-corrected chi connectivity index (χ0v) is 10.8. The van der Waals surface area contributed by atoms with Gasteiger partial charge in [0.2, 0.25) is 0 Å². The molecule has 0 saturated heterocycles. The monoisotopic (exact) mass is 300 g/mol. The summed E-state index contributed by atoms with van der Waals surface area (Å²) in [5.41, 5.74) is 1.82. The third kappa shape index (κ3) is 2.70. The third-order valence-electron chi connectivity index (χ3n) is 2.34. The highest BCUT2D eigenvalue weighted by Crippen LogP contribution is 2.24. The second kappa shape index (κ2) is 5.08. The number of hydrogen-bond donors (Lipinski definition) is 1. The van der Waals surface area contributed by atoms with Crippen molar-refractivity contribution in [2.24, 2.45) is 0 Å². The van der Waals surface area contributed by atoms with Crippen LogP contribution in [0, 0.1) is 5.82 Å². The van der Waals surface area contributed by atoms with Gasteiger partial charge in [0.15, 0.2) is 0 Å². The molecule has 4 heteroatoms. The highest BCUT2D eigenvalue weighted by molar-refractivity contribution is 9.10. The van der Waals surface area contributed by atoms with Crippen molar-refractivity contribution in [2.75, 3.05) is 0 Å². The highest BCUT2D eigenvalue weighted by atomic mass is 79.9. The molecule has 0 radical (unpaired) electrons. The molecule has 1 aromatic heterocycles. The summed E-state index contributed by atoms with van der Waals surface area (Å²) >= 11 is 4.71. The number of aliphatic hydroxyl groups excluding tert-OH is 1. The minimum atomic E-state index is -0.591. The molecular weight excluding hydrogens is 291 g/mol. The van der Waals surface area contributed by atoms with Crippen LogP contribution in [0.15, 0.2) is 39.5 Å². The van der Waals surface area contributed by atoms with Crippen LogP contribution >= 0.6 is 27.3 Å². The van der Waals surface area contributed by atoms with Crippen molar-refractivity contribution in [3.8, 4) is 0 Å². The Bertz CT molecular complexity index is 470. The van der Waals surface area contributed by atoms with Crippen molar-refractivity contribution in [2.45, 2.75) is 12.5 Å². The fraction of sp³-hybridized carbons (Fsp3) is 0.167. The molecule has 0 bridgehead atoms. The van der Waals surface area contributed by atoms with Crippen LogP contribution < -0.4 is 0 Å². The molecule has 0 aliphatic carbocycles. The number of aliphatic hydroxyl groups is 1. The van der Waals surface area contributed by atoms with Crippen LogP contribution in [0.25, 0.3) is 0 Å². The Labute approximate surface area is 106 Å². The molecule has 1 unspecified atom stereocenters. The van der Waals surface area contributed by atoms with E-state index in [4.69, 9.17) is 0 Å². The summed E-state index contributed by atoms with van der Waals surface area (Å²) in [5.74, 6) is -0.313. The smallest absolute Gasteiger partial charge is 0.137 e. The van der Waals surface area contributed by atoms with E-state index < -0.39 is 6.10 Å². The van der Waals surface area contributed by atoms with Crippen molar-refractivity contribution < 1.29 is 9.50 Å². The molecule has 1 nitrogen and oxygen atoms in total. The van der Waals surface area contributed by atoms with Crippen LogP contribution in [0.2, 0.25) is 0 Å². The van der Waals surface area contributed by atoms with Gasteiger partial charge < -0.3 is 5.11 Å². The maximum Gasteiger partial charge on any atom is 0.137 e. The molecule has 1 atom stereocenters. The fourth-order valence-electron chi connectivity index (χ4n) is 1.47. The van der Waals surface area contributed by atoms with Gasteiger partial charge >= 0.3 is 0 Å². The summed E-state index contributed by atoms with van der Waals surface area (Å²) in [6.07, 6.45) is -0.0341. The maximum absolute atomic E-state index is 13.0. The zero-order chi connectivity index (χ0) is 11.5. The Balaban J connectivity index is 2.14. The van der Waals surface area contributed by atoms with Gasteiger partial charge in [-0.25, -0.2) is 4.39 Å². The van der Waals surface area contributed by atoms with Crippen LogP contribution in [-0.2, 0) is 6.42 Å². The van der Waals surface area contributed by atoms with E-state index in [0.717, 1.165) is 11.1 Å². The topological polar surface area (TPSA) is 20.2 Å². The van der Waals surface area contributed by atoms with Gasteiger partial charge in [-0.3, -0.25) is 0 Å². The Morgan fingerprint density at radius 2 is 2.19 bits per heavy atom. The molecule has 2 aromatic rings. The minimum Gasteiger partial charge on any atom is -0.388 e. The summed E-state index contributed by atoms with van der Waals surface area (Å²) < 4.78 is 13.4. The number of hydrogen-bond acceptors (Lipinski definition) is 2. The molecule has 0 fully saturated rings. The molecule has 2 rings (SSSR count). The van der Waals surface area contributed by atoms with E-state index in [0.29, 0.717) is 10.9 Å². The van der Waals surface area contributed by atoms with Crippen LogP contribution in [0.5, 0.6) is 0 Å². The molecule has 16 heavy (non-hydrogen) atoms. The largest absolute Gasteiger partial charge is 0.388 e. The lowest BCUT2D eigenvalue weighted by atomic mass is 10.0. The van der Waals surface area contributed by atoms with E-state index in [-0.39, 0.29) is 5.82 Å². The van der Waals surface area contributed by atoms with Gasteiger partial charge in [-0.15, -0.1) is 0 Å². The van der Waals surface area contributed by atoms with Crippen molar-refractivity contribution in [1.82, 2.24) is 0 Å². The quantitative estimate of drug-likeness (QED) is 0.911. The van der Waals surface area contributed by atoms with Crippen molar-refractivity contribution in [1.29, 1.82) is 0 Å². The van der Waals surface area contributed by atoms with E-state index in [1.54, 1.807) is 23.5 Å². The summed E-state index contributed by atoms with van der Waals surface area (Å²) in [6, 6.07) is 6.56. The second-order valence-electron chi connectivity index (χ2n) is 3.53. The lowest BCUT2D eigenvalue weighted by Crippen LogP contribution is -2.01. The maximum atomic E-state index is 13.0. The SMILES string of the molecule is OC(Cc1ccsc1)c1ccc(F)c(Br)c1. The Hall–Kier alpha value is -0.710. The van der Waals surface area contributed by atoms with Crippen LogP contribution in [0.3, 0.4) is 0 Å². The van der Waals surface area contributed by atoms with Gasteiger partial charge in [0.1, 0.15) is 5.82 Å². The summed E-state index contributed by atoms with van der Waals surface area (Å²) in [5, 5.41) is 13.9. The number of benzene rings is 1. The summed E-state index contributed by atoms with van der Waals surface area (Å²) in [4.78, 5) is 0. The average molecular weight is 301 g/mol. The van der Waals surface area contributed by atoms with Gasteiger partial charge in [0.05, 0.1) is 10.6 Å². The van der Waals surface area contributed by atoms with E-state index >= 15 is 0 Å². The Morgan fingerprint density at radius 1 is 1.38 bits per heavy atom. The summed E-state index contributed by atoms with van der Waals surface area (Å²) in [7, 11) is 0. The number of halogens is 2. The molecule has 84 valence electrons. The van der Waals surface area contributed by atoms with Gasteiger partial charge in [-0.2, -0.15) is 11.3 Å². The summed E-state index contributed by atoms with van der Waals surface area (Å²) in [6.45, 7) is 0. The van der Waals surface area contributed by atoms with E-state index in [2.05, 4.69) is 15.9 Å². The number of thiophene rings is 1. The third-order valence-corrected chi connectivity index (χ3v) is 3.68. The molecule has 0 saturated carbocycles. The Morgan fingerprint density at radius 3 is 2.81 bits per heavy atom. The van der Waals surface area contributed by atoms with Crippen molar-refractivity contribution >= 4 is 27.3 Å². The molecule has 0 aliphatic rings. The predicted octanol–water partition coefficient (Wildman–Crippen LogP) is 3.93. The standard InChI is InChI=1S/C12H10BrFOS/c13-10-6-9(1-2-11(10)14)12(15)5-8-3-4-16-7-8/h1-4,6-7,12,15H,5H2. The first-order valence-electron chi connectivity index (χ1n) is 4.81. The molecule has 0 amide bonds. The second-order valence-corrected chi connectivity index (χ2v) is 5.16. The molecular formula is C12H10BrFOS. The van der Waals surface area contributed by atoms with Crippen LogP contribution in [0.4, 0.5) is 4.39 Å². The van der Waals surface area contributed by atoms with Gasteiger partial charge in [-0.1, -0.05) is 6.07 Å². The molecule has 1 N–H and O–H groups in total. The molecule has 0 aliphatic heterocycles. The minimum absolute atomic E-state index is 0.313. The number of rotatable bonds is 3. The first-order valence-corrected chi connectivity index (χ1v) is 6.54. The normalized spacial score (nSPS) is 12.7. The fourth-order valence-corrected chi connectivity index (χ4v) is 2.55. The average Bonchev–Trinajstić information content (AvgIpc) is 2.74. The van der Waals surface area contributed by atoms with E-state index in [9.17, 15) is 9.50 Å². The van der Waals surface area contributed by atoms with E-state index in [1.807, 2.05) is 16.8 Å². The van der Waals surface area contributed by atoms with Gasteiger partial charge in [0.25, 0.3) is 0 Å². The molecule has 1 aromatic carbocycles. The van der Waals surface area contributed by atoms with Gasteiger partial charge in [0, 0.05) is 6.42 Å². The predicted molar refractivity (Wildman–Crippen MR) is 67.1 cm³/mol. The van der Waals surface area contributed by atoms with Crippen LogP contribution in [0.1, 0.15) is 17.2 Å².